The molecular formula is C19H25N3O3S. The van der Waals surface area contributed by atoms with E-state index in [2.05, 4.69) is 10.3 Å². The fraction of sp³-hybridized carbons (Fsp3) is 0.474. The Morgan fingerprint density at radius 3 is 2.77 bits per heavy atom. The van der Waals surface area contributed by atoms with Gasteiger partial charge in [-0.05, 0) is 50.4 Å². The highest BCUT2D eigenvalue weighted by atomic mass is 32.1. The Kier molecular flexibility index (Phi) is 5.78. The summed E-state index contributed by atoms with van der Waals surface area (Å²) in [4.78, 5) is 18.0. The van der Waals surface area contributed by atoms with Crippen molar-refractivity contribution in [1.82, 2.24) is 10.3 Å². The van der Waals surface area contributed by atoms with Crippen LogP contribution in [0.4, 0.5) is 0 Å². The maximum atomic E-state index is 12.7. The predicted molar refractivity (Wildman–Crippen MR) is 103 cm³/mol. The summed E-state index contributed by atoms with van der Waals surface area (Å²) >= 11 is 1.39. The van der Waals surface area contributed by atoms with Crippen LogP contribution in [-0.4, -0.2) is 37.7 Å². The Hall–Kier alpha value is -2.12. The van der Waals surface area contributed by atoms with Crippen molar-refractivity contribution in [3.63, 3.8) is 0 Å². The molecule has 0 spiro atoms. The number of methoxy groups -OCH3 is 2. The number of carbonyl (C=O) groups excluding carboxylic acids is 1. The first-order chi connectivity index (χ1) is 12.6. The highest BCUT2D eigenvalue weighted by Crippen LogP contribution is 2.35. The van der Waals surface area contributed by atoms with Crippen LogP contribution in [0.5, 0.6) is 11.5 Å². The zero-order valence-corrected chi connectivity index (χ0v) is 16.2. The minimum absolute atomic E-state index is 0.0583. The first kappa shape index (κ1) is 18.7. The van der Waals surface area contributed by atoms with E-state index in [-0.39, 0.29) is 11.9 Å². The lowest BCUT2D eigenvalue weighted by molar-refractivity contribution is 0.0932. The van der Waals surface area contributed by atoms with E-state index in [1.807, 2.05) is 25.1 Å². The maximum absolute atomic E-state index is 12.7. The number of aromatic nitrogens is 1. The van der Waals surface area contributed by atoms with E-state index >= 15 is 0 Å². The zero-order valence-electron chi connectivity index (χ0n) is 15.4. The minimum Gasteiger partial charge on any atom is -0.493 e. The number of benzene rings is 1. The molecule has 1 aliphatic rings. The topological polar surface area (TPSA) is 86.5 Å². The number of thiazole rings is 1. The van der Waals surface area contributed by atoms with Gasteiger partial charge in [-0.2, -0.15) is 0 Å². The maximum Gasteiger partial charge on any atom is 0.263 e. The molecule has 6 nitrogen and oxygen atoms in total. The first-order valence-electron chi connectivity index (χ1n) is 8.78. The number of nitrogens with zero attached hydrogens (tertiary/aromatic N) is 1. The third kappa shape index (κ3) is 3.68. The molecule has 0 bridgehead atoms. The van der Waals surface area contributed by atoms with Gasteiger partial charge < -0.3 is 20.5 Å². The van der Waals surface area contributed by atoms with Crippen molar-refractivity contribution in [1.29, 1.82) is 0 Å². The molecule has 1 saturated carbocycles. The van der Waals surface area contributed by atoms with E-state index in [9.17, 15) is 4.79 Å². The van der Waals surface area contributed by atoms with Crippen molar-refractivity contribution in [3.05, 3.63) is 28.8 Å². The van der Waals surface area contributed by atoms with Gasteiger partial charge in [0, 0.05) is 11.6 Å². The van der Waals surface area contributed by atoms with Crippen molar-refractivity contribution in [3.8, 4) is 22.1 Å². The highest BCUT2D eigenvalue weighted by Gasteiger charge is 2.28. The Bertz CT molecular complexity index is 790. The summed E-state index contributed by atoms with van der Waals surface area (Å²) in [5.74, 6) is 1.62. The first-order valence-corrected chi connectivity index (χ1v) is 9.59. The molecule has 1 heterocycles. The van der Waals surface area contributed by atoms with Crippen LogP contribution in [0, 0.1) is 12.8 Å². The summed E-state index contributed by atoms with van der Waals surface area (Å²) in [6.45, 7) is 2.48. The predicted octanol–water partition coefficient (Wildman–Crippen LogP) is 2.99. The number of nitrogens with two attached hydrogens (primary N) is 1. The molecule has 2 atom stereocenters. The van der Waals surface area contributed by atoms with Crippen LogP contribution in [0.15, 0.2) is 18.2 Å². The number of nitrogens with one attached hydrogen (secondary N) is 1. The molecular weight excluding hydrogens is 350 g/mol. The summed E-state index contributed by atoms with van der Waals surface area (Å²) in [5.41, 5.74) is 7.45. The second-order valence-electron chi connectivity index (χ2n) is 6.51. The van der Waals surface area contributed by atoms with Crippen molar-refractivity contribution >= 4 is 17.2 Å². The van der Waals surface area contributed by atoms with Gasteiger partial charge in [0.25, 0.3) is 5.91 Å². The molecule has 3 rings (SSSR count). The van der Waals surface area contributed by atoms with Gasteiger partial charge in [-0.3, -0.25) is 4.79 Å². The van der Waals surface area contributed by atoms with Gasteiger partial charge in [0.2, 0.25) is 0 Å². The molecule has 2 aromatic rings. The van der Waals surface area contributed by atoms with Gasteiger partial charge in [-0.1, -0.05) is 6.42 Å². The molecule has 26 heavy (non-hydrogen) atoms. The molecule has 1 amide bonds. The number of ether oxygens (including phenoxy) is 2. The lowest BCUT2D eigenvalue weighted by atomic mass is 10.0. The Morgan fingerprint density at radius 1 is 1.31 bits per heavy atom. The standard InChI is InChI=1S/C19H25N3O3S/c1-11-17(18(23)22-14-6-4-5-13(14)10-20)26-19(21-11)12-7-8-15(24-2)16(9-12)25-3/h7-9,13-14H,4-6,10,20H2,1-3H3,(H,22,23). The van der Waals surface area contributed by atoms with E-state index in [1.165, 1.54) is 11.3 Å². The van der Waals surface area contributed by atoms with Crippen LogP contribution in [0.3, 0.4) is 0 Å². The van der Waals surface area contributed by atoms with Crippen LogP contribution < -0.4 is 20.5 Å². The summed E-state index contributed by atoms with van der Waals surface area (Å²) in [7, 11) is 3.20. The summed E-state index contributed by atoms with van der Waals surface area (Å²) in [6, 6.07) is 5.80. The van der Waals surface area contributed by atoms with Crippen molar-refractivity contribution in [2.24, 2.45) is 11.7 Å². The number of aryl methyl sites for hydroxylation is 1. The van der Waals surface area contributed by atoms with Crippen molar-refractivity contribution in [2.75, 3.05) is 20.8 Å². The lowest BCUT2D eigenvalue weighted by Gasteiger charge is -2.19. The van der Waals surface area contributed by atoms with Crippen LogP contribution in [0.2, 0.25) is 0 Å². The summed E-state index contributed by atoms with van der Waals surface area (Å²) in [6.07, 6.45) is 3.19. The molecule has 140 valence electrons. The molecule has 3 N–H and O–H groups in total. The molecule has 2 unspecified atom stereocenters. The Balaban J connectivity index is 1.81. The molecule has 1 fully saturated rings. The molecule has 1 aliphatic carbocycles. The van der Waals surface area contributed by atoms with Gasteiger partial charge in [0.15, 0.2) is 11.5 Å². The number of carbonyl (C=O) groups is 1. The van der Waals surface area contributed by atoms with Crippen LogP contribution in [0.25, 0.3) is 10.6 Å². The lowest BCUT2D eigenvalue weighted by Crippen LogP contribution is -2.39. The number of hydrogen-bond donors (Lipinski definition) is 2. The molecule has 0 aliphatic heterocycles. The van der Waals surface area contributed by atoms with E-state index in [0.717, 1.165) is 35.5 Å². The van der Waals surface area contributed by atoms with Gasteiger partial charge in [-0.25, -0.2) is 4.98 Å². The van der Waals surface area contributed by atoms with Crippen molar-refractivity contribution < 1.29 is 14.3 Å². The average Bonchev–Trinajstić information content (AvgIpc) is 3.27. The monoisotopic (exact) mass is 375 g/mol. The average molecular weight is 375 g/mol. The Morgan fingerprint density at radius 2 is 2.08 bits per heavy atom. The SMILES string of the molecule is COc1ccc(-c2nc(C)c(C(=O)NC3CCCC3CN)s2)cc1OC. The normalized spacial score (nSPS) is 19.4. The minimum atomic E-state index is -0.0583. The molecule has 1 aromatic heterocycles. The fourth-order valence-corrected chi connectivity index (χ4v) is 4.41. The van der Waals surface area contributed by atoms with E-state index < -0.39 is 0 Å². The van der Waals surface area contributed by atoms with Crippen LogP contribution in [-0.2, 0) is 0 Å². The van der Waals surface area contributed by atoms with Crippen LogP contribution >= 0.6 is 11.3 Å². The number of hydrogen-bond acceptors (Lipinski definition) is 6. The van der Waals surface area contributed by atoms with Gasteiger partial charge in [0.05, 0.1) is 19.9 Å². The molecule has 0 saturated heterocycles. The zero-order chi connectivity index (χ0) is 18.7. The Labute approximate surface area is 157 Å². The molecule has 1 aromatic carbocycles. The van der Waals surface area contributed by atoms with Gasteiger partial charge in [0.1, 0.15) is 9.88 Å². The third-order valence-corrected chi connectivity index (χ3v) is 6.12. The fourth-order valence-electron chi connectivity index (χ4n) is 3.44. The van der Waals surface area contributed by atoms with E-state index in [0.29, 0.717) is 28.8 Å². The second-order valence-corrected chi connectivity index (χ2v) is 7.51. The second kappa shape index (κ2) is 8.05. The van der Waals surface area contributed by atoms with Crippen LogP contribution in [0.1, 0.15) is 34.6 Å². The summed E-state index contributed by atoms with van der Waals surface area (Å²) in [5, 5.41) is 3.94. The largest absolute Gasteiger partial charge is 0.493 e. The van der Waals surface area contributed by atoms with E-state index in [4.69, 9.17) is 15.2 Å². The number of amides is 1. The smallest absolute Gasteiger partial charge is 0.263 e. The quantitative estimate of drug-likeness (QED) is 0.810. The van der Waals surface area contributed by atoms with E-state index in [1.54, 1.807) is 14.2 Å². The number of rotatable bonds is 6. The third-order valence-electron chi connectivity index (χ3n) is 4.91. The molecule has 7 heteroatoms. The highest BCUT2D eigenvalue weighted by molar-refractivity contribution is 7.17. The van der Waals surface area contributed by atoms with Crippen molar-refractivity contribution in [2.45, 2.75) is 32.2 Å². The van der Waals surface area contributed by atoms with Gasteiger partial charge in [-0.15, -0.1) is 11.3 Å². The molecule has 0 radical (unpaired) electrons. The summed E-state index contributed by atoms with van der Waals surface area (Å²) < 4.78 is 10.6. The van der Waals surface area contributed by atoms with Gasteiger partial charge >= 0.3 is 0 Å².